The minimum atomic E-state index is -0.444. The Labute approximate surface area is 165 Å². The van der Waals surface area contributed by atoms with Gasteiger partial charge in [-0.15, -0.1) is 11.3 Å². The summed E-state index contributed by atoms with van der Waals surface area (Å²) in [5.41, 5.74) is 0.882. The number of carbonyl (C=O) groups excluding carboxylic acids is 2. The van der Waals surface area contributed by atoms with E-state index < -0.39 is 5.97 Å². The number of carbonyl (C=O) groups is 2. The molecule has 1 heterocycles. The van der Waals surface area contributed by atoms with Crippen LogP contribution < -0.4 is 0 Å². The van der Waals surface area contributed by atoms with Crippen molar-refractivity contribution in [3.63, 3.8) is 0 Å². The fourth-order valence-electron chi connectivity index (χ4n) is 2.27. The van der Waals surface area contributed by atoms with E-state index in [1.165, 1.54) is 11.3 Å². The molecule has 1 amide bonds. The second kappa shape index (κ2) is 10.4. The predicted molar refractivity (Wildman–Crippen MR) is 103 cm³/mol. The summed E-state index contributed by atoms with van der Waals surface area (Å²) in [6, 6.07) is 7.23. The van der Waals surface area contributed by atoms with E-state index in [-0.39, 0.29) is 11.6 Å². The Morgan fingerprint density at radius 2 is 2.00 bits per heavy atom. The quantitative estimate of drug-likeness (QED) is 0.438. The van der Waals surface area contributed by atoms with E-state index in [1.54, 1.807) is 36.4 Å². The van der Waals surface area contributed by atoms with Gasteiger partial charge in [-0.3, -0.25) is 4.79 Å². The maximum atomic E-state index is 12.9. The molecule has 2 aromatic rings. The standard InChI is InChI=1S/C18H21BrN2O4S/c1-3-25-18(23)15-12-26-16(20-15)11-21(9-4-10-24-2)17(22)13-5-7-14(19)8-6-13/h5-8,12H,3-4,9-11H2,1-2H3. The zero-order valence-corrected chi connectivity index (χ0v) is 17.1. The topological polar surface area (TPSA) is 68.7 Å². The number of hydrogen-bond donors (Lipinski definition) is 0. The first-order chi connectivity index (χ1) is 12.5. The van der Waals surface area contributed by atoms with E-state index in [0.29, 0.717) is 36.9 Å². The van der Waals surface area contributed by atoms with Gasteiger partial charge in [0.1, 0.15) is 5.01 Å². The number of esters is 1. The molecule has 0 radical (unpaired) electrons. The van der Waals surface area contributed by atoms with Gasteiger partial charge in [-0.25, -0.2) is 9.78 Å². The molecular weight excluding hydrogens is 420 g/mol. The third kappa shape index (κ3) is 5.89. The Morgan fingerprint density at radius 3 is 2.65 bits per heavy atom. The Kier molecular flexibility index (Phi) is 8.21. The average molecular weight is 441 g/mol. The van der Waals surface area contributed by atoms with E-state index >= 15 is 0 Å². The summed E-state index contributed by atoms with van der Waals surface area (Å²) >= 11 is 4.71. The van der Waals surface area contributed by atoms with Gasteiger partial charge in [-0.2, -0.15) is 0 Å². The van der Waals surface area contributed by atoms with Crippen LogP contribution in [0.15, 0.2) is 34.1 Å². The molecule has 0 aliphatic rings. The summed E-state index contributed by atoms with van der Waals surface area (Å²) in [6.07, 6.45) is 0.717. The van der Waals surface area contributed by atoms with Gasteiger partial charge in [-0.05, 0) is 37.6 Å². The number of methoxy groups -OCH3 is 1. The highest BCUT2D eigenvalue weighted by Gasteiger charge is 2.19. The number of nitrogens with zero attached hydrogens (tertiary/aromatic N) is 2. The molecule has 1 aromatic carbocycles. The first kappa shape index (κ1) is 20.5. The zero-order chi connectivity index (χ0) is 18.9. The van der Waals surface area contributed by atoms with Gasteiger partial charge in [0.2, 0.25) is 0 Å². The van der Waals surface area contributed by atoms with E-state index in [2.05, 4.69) is 20.9 Å². The van der Waals surface area contributed by atoms with Crippen LogP contribution in [0.2, 0.25) is 0 Å². The molecule has 0 N–H and O–H groups in total. The first-order valence-corrected chi connectivity index (χ1v) is 9.87. The van der Waals surface area contributed by atoms with Gasteiger partial charge in [-0.1, -0.05) is 15.9 Å². The molecule has 0 bridgehead atoms. The normalized spacial score (nSPS) is 10.6. The lowest BCUT2D eigenvalue weighted by molar-refractivity contribution is 0.0520. The smallest absolute Gasteiger partial charge is 0.357 e. The lowest BCUT2D eigenvalue weighted by Gasteiger charge is -2.21. The van der Waals surface area contributed by atoms with Crippen LogP contribution in [0.25, 0.3) is 0 Å². The van der Waals surface area contributed by atoms with Crippen LogP contribution in [0, 0.1) is 0 Å². The maximum Gasteiger partial charge on any atom is 0.357 e. The summed E-state index contributed by atoms with van der Waals surface area (Å²) in [5.74, 6) is -0.526. The van der Waals surface area contributed by atoms with Crippen molar-refractivity contribution in [1.29, 1.82) is 0 Å². The second-order valence-corrected chi connectivity index (χ2v) is 7.29. The number of amides is 1. The number of ether oxygens (including phenoxy) is 2. The highest BCUT2D eigenvalue weighted by atomic mass is 79.9. The highest BCUT2D eigenvalue weighted by Crippen LogP contribution is 2.17. The molecule has 6 nitrogen and oxygen atoms in total. The Morgan fingerprint density at radius 1 is 1.27 bits per heavy atom. The van der Waals surface area contributed by atoms with Gasteiger partial charge < -0.3 is 14.4 Å². The number of hydrogen-bond acceptors (Lipinski definition) is 6. The number of rotatable bonds is 9. The molecule has 0 spiro atoms. The SMILES string of the molecule is CCOC(=O)c1csc(CN(CCCOC)C(=O)c2ccc(Br)cc2)n1. The van der Waals surface area contributed by atoms with Crippen molar-refractivity contribution < 1.29 is 19.1 Å². The molecular formula is C18H21BrN2O4S. The molecule has 2 rings (SSSR count). The zero-order valence-electron chi connectivity index (χ0n) is 14.7. The van der Waals surface area contributed by atoms with Crippen LogP contribution in [-0.4, -0.2) is 48.6 Å². The molecule has 0 saturated carbocycles. The third-order valence-corrected chi connectivity index (χ3v) is 4.88. The molecule has 26 heavy (non-hydrogen) atoms. The Hall–Kier alpha value is -1.77. The molecule has 0 saturated heterocycles. The molecule has 0 atom stereocenters. The molecule has 0 aliphatic heterocycles. The maximum absolute atomic E-state index is 12.9. The first-order valence-electron chi connectivity index (χ1n) is 8.20. The Bertz CT molecular complexity index is 733. The van der Waals surface area contributed by atoms with Crippen molar-refractivity contribution in [1.82, 2.24) is 9.88 Å². The van der Waals surface area contributed by atoms with Crippen LogP contribution in [0.5, 0.6) is 0 Å². The average Bonchev–Trinajstić information content (AvgIpc) is 3.10. The van der Waals surface area contributed by atoms with Crippen molar-refractivity contribution in [2.45, 2.75) is 19.9 Å². The lowest BCUT2D eigenvalue weighted by atomic mass is 10.2. The number of halogens is 1. The van der Waals surface area contributed by atoms with Crippen LogP contribution in [0.1, 0.15) is 39.2 Å². The third-order valence-electron chi connectivity index (χ3n) is 3.52. The highest BCUT2D eigenvalue weighted by molar-refractivity contribution is 9.10. The van der Waals surface area contributed by atoms with Gasteiger partial charge in [0.05, 0.1) is 13.2 Å². The number of aromatic nitrogens is 1. The van der Waals surface area contributed by atoms with E-state index in [4.69, 9.17) is 9.47 Å². The summed E-state index contributed by atoms with van der Waals surface area (Å²) in [7, 11) is 1.63. The van der Waals surface area contributed by atoms with Gasteiger partial charge >= 0.3 is 5.97 Å². The van der Waals surface area contributed by atoms with Crippen LogP contribution in [-0.2, 0) is 16.0 Å². The molecule has 0 unspecified atom stereocenters. The lowest BCUT2D eigenvalue weighted by Crippen LogP contribution is -2.32. The van der Waals surface area contributed by atoms with Gasteiger partial charge in [0.25, 0.3) is 5.91 Å². The summed E-state index contributed by atoms with van der Waals surface area (Å²) in [6.45, 7) is 3.49. The van der Waals surface area contributed by atoms with Gasteiger partial charge in [0.15, 0.2) is 5.69 Å². The minimum Gasteiger partial charge on any atom is -0.461 e. The van der Waals surface area contributed by atoms with E-state index in [1.807, 2.05) is 12.1 Å². The molecule has 1 aromatic heterocycles. The summed E-state index contributed by atoms with van der Waals surface area (Å²) in [4.78, 5) is 30.6. The second-order valence-electron chi connectivity index (χ2n) is 5.43. The van der Waals surface area contributed by atoms with Crippen molar-refractivity contribution in [2.75, 3.05) is 26.9 Å². The monoisotopic (exact) mass is 440 g/mol. The number of thiazole rings is 1. The van der Waals surface area contributed by atoms with E-state index in [0.717, 1.165) is 10.9 Å². The number of benzene rings is 1. The summed E-state index contributed by atoms with van der Waals surface area (Å²) in [5, 5.41) is 2.35. The van der Waals surface area contributed by atoms with Crippen molar-refractivity contribution in [3.05, 3.63) is 50.4 Å². The van der Waals surface area contributed by atoms with Crippen LogP contribution in [0.4, 0.5) is 0 Å². The molecule has 0 aliphatic carbocycles. The van der Waals surface area contributed by atoms with Crippen molar-refractivity contribution in [2.24, 2.45) is 0 Å². The van der Waals surface area contributed by atoms with Crippen molar-refractivity contribution in [3.8, 4) is 0 Å². The largest absolute Gasteiger partial charge is 0.461 e. The fraction of sp³-hybridized carbons (Fsp3) is 0.389. The summed E-state index contributed by atoms with van der Waals surface area (Å²) < 4.78 is 11.0. The Balaban J connectivity index is 2.12. The molecule has 140 valence electrons. The fourth-order valence-corrected chi connectivity index (χ4v) is 3.32. The van der Waals surface area contributed by atoms with Crippen LogP contribution >= 0.6 is 27.3 Å². The molecule has 8 heteroatoms. The predicted octanol–water partition coefficient (Wildman–Crippen LogP) is 3.76. The molecule has 0 fully saturated rings. The van der Waals surface area contributed by atoms with E-state index in [9.17, 15) is 9.59 Å². The van der Waals surface area contributed by atoms with Crippen molar-refractivity contribution >= 4 is 39.1 Å². The van der Waals surface area contributed by atoms with Crippen LogP contribution in [0.3, 0.4) is 0 Å². The minimum absolute atomic E-state index is 0.0820. The van der Waals surface area contributed by atoms with Gasteiger partial charge in [0, 0.05) is 35.7 Å².